The third-order valence-electron chi connectivity index (χ3n) is 5.25. The average Bonchev–Trinajstić information content (AvgIpc) is 2.62. The van der Waals surface area contributed by atoms with Crippen molar-refractivity contribution >= 4 is 11.7 Å². The van der Waals surface area contributed by atoms with Gasteiger partial charge in [0, 0.05) is 23.7 Å². The Morgan fingerprint density at radius 2 is 2.00 bits per heavy atom. The van der Waals surface area contributed by atoms with Crippen molar-refractivity contribution in [2.75, 3.05) is 26.7 Å². The normalized spacial score (nSPS) is 16.9. The maximum Gasteiger partial charge on any atom is 0.224 e. The number of ketones is 1. The molecule has 1 N–H and O–H groups in total. The SMILES string of the molecule is CCC(CN1CCC(C)CC1)NC(=O)Cc1cc(C(C)=O)ccc1OC. The largest absolute Gasteiger partial charge is 0.496 e. The van der Waals surface area contributed by atoms with E-state index in [-0.39, 0.29) is 24.2 Å². The van der Waals surface area contributed by atoms with Gasteiger partial charge in [0.25, 0.3) is 0 Å². The number of ether oxygens (including phenoxy) is 1. The molecule has 5 nitrogen and oxygen atoms in total. The molecule has 1 aliphatic rings. The van der Waals surface area contributed by atoms with Crippen LogP contribution in [0.5, 0.6) is 5.75 Å². The van der Waals surface area contributed by atoms with E-state index in [2.05, 4.69) is 24.1 Å². The number of piperidine rings is 1. The van der Waals surface area contributed by atoms with E-state index < -0.39 is 0 Å². The smallest absolute Gasteiger partial charge is 0.224 e. The molecule has 0 bridgehead atoms. The summed E-state index contributed by atoms with van der Waals surface area (Å²) in [6.07, 6.45) is 3.60. The monoisotopic (exact) mass is 360 g/mol. The van der Waals surface area contributed by atoms with Crippen LogP contribution in [0, 0.1) is 5.92 Å². The van der Waals surface area contributed by atoms with E-state index in [9.17, 15) is 9.59 Å². The highest BCUT2D eigenvalue weighted by Crippen LogP contribution is 2.21. The van der Waals surface area contributed by atoms with Crippen molar-refractivity contribution in [2.24, 2.45) is 5.92 Å². The number of likely N-dealkylation sites (tertiary alicyclic amines) is 1. The molecular weight excluding hydrogens is 328 g/mol. The summed E-state index contributed by atoms with van der Waals surface area (Å²) in [5.41, 5.74) is 1.35. The van der Waals surface area contributed by atoms with Crippen LogP contribution < -0.4 is 10.1 Å². The second-order valence-electron chi connectivity index (χ2n) is 7.42. The summed E-state index contributed by atoms with van der Waals surface area (Å²) in [5, 5.41) is 3.15. The van der Waals surface area contributed by atoms with E-state index in [1.807, 2.05) is 0 Å². The van der Waals surface area contributed by atoms with Crippen molar-refractivity contribution in [3.8, 4) is 5.75 Å². The van der Waals surface area contributed by atoms with Gasteiger partial charge in [-0.15, -0.1) is 0 Å². The van der Waals surface area contributed by atoms with Crippen LogP contribution in [0.25, 0.3) is 0 Å². The van der Waals surface area contributed by atoms with Gasteiger partial charge in [-0.25, -0.2) is 0 Å². The molecule has 2 rings (SSSR count). The highest BCUT2D eigenvalue weighted by atomic mass is 16.5. The Morgan fingerprint density at radius 3 is 2.58 bits per heavy atom. The van der Waals surface area contributed by atoms with Gasteiger partial charge in [0.1, 0.15) is 5.75 Å². The standard InChI is InChI=1S/C21H32N2O3/c1-5-19(14-23-10-8-15(2)9-11-23)22-21(25)13-18-12-17(16(3)24)6-7-20(18)26-4/h6-7,12,15,19H,5,8-11,13-14H2,1-4H3,(H,22,25). The molecule has 0 aromatic heterocycles. The van der Waals surface area contributed by atoms with E-state index in [1.54, 1.807) is 25.3 Å². The summed E-state index contributed by atoms with van der Waals surface area (Å²) in [6, 6.07) is 5.39. The summed E-state index contributed by atoms with van der Waals surface area (Å²) in [7, 11) is 1.58. The van der Waals surface area contributed by atoms with Crippen LogP contribution in [-0.4, -0.2) is 49.4 Å². The fraction of sp³-hybridized carbons (Fsp3) is 0.619. The van der Waals surface area contributed by atoms with Crippen LogP contribution in [0.2, 0.25) is 0 Å². The highest BCUT2D eigenvalue weighted by molar-refractivity contribution is 5.94. The van der Waals surface area contributed by atoms with Crippen molar-refractivity contribution < 1.29 is 14.3 Å². The predicted molar refractivity (Wildman–Crippen MR) is 104 cm³/mol. The molecule has 1 amide bonds. The van der Waals surface area contributed by atoms with Crippen LogP contribution in [0.4, 0.5) is 0 Å². The fourth-order valence-corrected chi connectivity index (χ4v) is 3.42. The lowest BCUT2D eigenvalue weighted by Gasteiger charge is -2.33. The number of amides is 1. The first kappa shape index (κ1) is 20.4. The quantitative estimate of drug-likeness (QED) is 0.724. The Kier molecular flexibility index (Phi) is 7.64. The number of hydrogen-bond donors (Lipinski definition) is 1. The molecule has 1 unspecified atom stereocenters. The van der Waals surface area contributed by atoms with E-state index in [0.29, 0.717) is 11.3 Å². The molecular formula is C21H32N2O3. The fourth-order valence-electron chi connectivity index (χ4n) is 3.42. The summed E-state index contributed by atoms with van der Waals surface area (Å²) in [4.78, 5) is 26.6. The second kappa shape index (κ2) is 9.72. The van der Waals surface area contributed by atoms with E-state index in [1.165, 1.54) is 19.8 Å². The first-order valence-corrected chi connectivity index (χ1v) is 9.62. The van der Waals surface area contributed by atoms with Gasteiger partial charge in [0.05, 0.1) is 13.5 Å². The number of nitrogens with one attached hydrogen (secondary N) is 1. The Morgan fingerprint density at radius 1 is 1.31 bits per heavy atom. The lowest BCUT2D eigenvalue weighted by atomic mass is 9.98. The summed E-state index contributed by atoms with van der Waals surface area (Å²) in [5.74, 6) is 1.41. The topological polar surface area (TPSA) is 58.6 Å². The summed E-state index contributed by atoms with van der Waals surface area (Å²) >= 11 is 0. The van der Waals surface area contributed by atoms with Gasteiger partial charge >= 0.3 is 0 Å². The minimum Gasteiger partial charge on any atom is -0.496 e. The zero-order valence-corrected chi connectivity index (χ0v) is 16.5. The van der Waals surface area contributed by atoms with Crippen LogP contribution in [0.15, 0.2) is 18.2 Å². The number of benzene rings is 1. The van der Waals surface area contributed by atoms with E-state index >= 15 is 0 Å². The minimum absolute atomic E-state index is 0.0138. The maximum atomic E-state index is 12.6. The molecule has 0 spiro atoms. The number of Topliss-reactive ketones (excluding diaryl/α,β-unsaturated/α-hetero) is 1. The molecule has 1 aliphatic heterocycles. The van der Waals surface area contributed by atoms with Crippen LogP contribution >= 0.6 is 0 Å². The maximum absolute atomic E-state index is 12.6. The van der Waals surface area contributed by atoms with Gasteiger partial charge in [-0.05, 0) is 63.4 Å². The number of carbonyl (C=O) groups is 2. The van der Waals surface area contributed by atoms with E-state index in [4.69, 9.17) is 4.74 Å². The first-order chi connectivity index (χ1) is 12.4. The second-order valence-corrected chi connectivity index (χ2v) is 7.42. The highest BCUT2D eigenvalue weighted by Gasteiger charge is 2.20. The van der Waals surface area contributed by atoms with Gasteiger partial charge in [0.2, 0.25) is 5.91 Å². The molecule has 1 heterocycles. The molecule has 1 fully saturated rings. The Labute approximate surface area is 157 Å². The molecule has 0 radical (unpaired) electrons. The number of nitrogens with zero attached hydrogens (tertiary/aromatic N) is 1. The third-order valence-corrected chi connectivity index (χ3v) is 5.25. The molecule has 1 aromatic rings. The molecule has 26 heavy (non-hydrogen) atoms. The molecule has 0 saturated carbocycles. The first-order valence-electron chi connectivity index (χ1n) is 9.62. The van der Waals surface area contributed by atoms with Gasteiger partial charge in [0.15, 0.2) is 5.78 Å². The summed E-state index contributed by atoms with van der Waals surface area (Å²) < 4.78 is 5.34. The zero-order valence-electron chi connectivity index (χ0n) is 16.5. The Hall–Kier alpha value is -1.88. The van der Waals surface area contributed by atoms with Gasteiger partial charge in [-0.3, -0.25) is 9.59 Å². The van der Waals surface area contributed by atoms with Gasteiger partial charge in [-0.2, -0.15) is 0 Å². The number of hydrogen-bond acceptors (Lipinski definition) is 4. The van der Waals surface area contributed by atoms with Crippen molar-refractivity contribution in [1.82, 2.24) is 10.2 Å². The summed E-state index contributed by atoms with van der Waals surface area (Å²) in [6.45, 7) is 9.06. The third kappa shape index (κ3) is 5.84. The lowest BCUT2D eigenvalue weighted by molar-refractivity contribution is -0.121. The van der Waals surface area contributed by atoms with Crippen LogP contribution in [0.1, 0.15) is 56.0 Å². The molecule has 1 atom stereocenters. The van der Waals surface area contributed by atoms with Crippen molar-refractivity contribution in [3.05, 3.63) is 29.3 Å². The molecule has 144 valence electrons. The minimum atomic E-state index is -0.0266. The molecule has 1 saturated heterocycles. The molecule has 0 aliphatic carbocycles. The average molecular weight is 360 g/mol. The number of methoxy groups -OCH3 is 1. The Bertz CT molecular complexity index is 622. The van der Waals surface area contributed by atoms with Crippen molar-refractivity contribution in [3.63, 3.8) is 0 Å². The number of rotatable bonds is 8. The van der Waals surface area contributed by atoms with Crippen LogP contribution in [0.3, 0.4) is 0 Å². The molecule has 1 aromatic carbocycles. The van der Waals surface area contributed by atoms with Crippen molar-refractivity contribution in [1.29, 1.82) is 0 Å². The zero-order chi connectivity index (χ0) is 19.1. The molecule has 5 heteroatoms. The predicted octanol–water partition coefficient (Wildman–Crippen LogP) is 3.07. The lowest BCUT2D eigenvalue weighted by Crippen LogP contribution is -2.46. The van der Waals surface area contributed by atoms with Crippen molar-refractivity contribution in [2.45, 2.75) is 52.5 Å². The Balaban J connectivity index is 1.95. The van der Waals surface area contributed by atoms with Crippen LogP contribution in [-0.2, 0) is 11.2 Å². The number of carbonyl (C=O) groups excluding carboxylic acids is 2. The van der Waals surface area contributed by atoms with E-state index in [0.717, 1.165) is 37.5 Å². The van der Waals surface area contributed by atoms with Gasteiger partial charge < -0.3 is 15.0 Å². The van der Waals surface area contributed by atoms with Gasteiger partial charge in [-0.1, -0.05) is 13.8 Å².